The maximum absolute atomic E-state index is 12.5. The molecule has 0 unspecified atom stereocenters. The van der Waals surface area contributed by atoms with Crippen LogP contribution in [0.15, 0.2) is 41.4 Å². The van der Waals surface area contributed by atoms with E-state index >= 15 is 0 Å². The Morgan fingerprint density at radius 2 is 2.05 bits per heavy atom. The number of nitrogens with one attached hydrogen (secondary N) is 2. The highest BCUT2D eigenvalue weighted by atomic mass is 35.5. The Labute approximate surface area is 129 Å². The number of hydrogen-bond acceptors (Lipinski definition) is 4. The fourth-order valence-electron chi connectivity index (χ4n) is 1.89. The topological polar surface area (TPSA) is 71.1 Å². The molecule has 1 aromatic carbocycles. The van der Waals surface area contributed by atoms with Gasteiger partial charge in [-0.1, -0.05) is 23.7 Å². The third kappa shape index (κ3) is 3.72. The number of sulfonamides is 1. The van der Waals surface area contributed by atoms with E-state index in [1.54, 1.807) is 38.2 Å². The minimum absolute atomic E-state index is 0.123. The fourth-order valence-corrected chi connectivity index (χ4v) is 3.44. The van der Waals surface area contributed by atoms with E-state index in [1.165, 1.54) is 6.20 Å². The molecular formula is C14H16ClN3O2S. The normalized spacial score (nSPS) is 11.4. The molecule has 0 atom stereocenters. The minimum atomic E-state index is -3.73. The highest BCUT2D eigenvalue weighted by Gasteiger charge is 2.19. The van der Waals surface area contributed by atoms with Gasteiger partial charge in [-0.2, -0.15) is 0 Å². The van der Waals surface area contributed by atoms with E-state index in [0.29, 0.717) is 12.1 Å². The number of anilines is 1. The maximum Gasteiger partial charge on any atom is 0.263 e. The summed E-state index contributed by atoms with van der Waals surface area (Å²) >= 11 is 5.94. The molecule has 0 amide bonds. The van der Waals surface area contributed by atoms with Gasteiger partial charge in [-0.05, 0) is 43.3 Å². The molecule has 2 rings (SSSR count). The third-order valence-corrected chi connectivity index (χ3v) is 4.70. The van der Waals surface area contributed by atoms with E-state index in [4.69, 9.17) is 11.6 Å². The van der Waals surface area contributed by atoms with Gasteiger partial charge < -0.3 is 5.32 Å². The minimum Gasteiger partial charge on any atom is -0.316 e. The molecule has 5 nitrogen and oxygen atoms in total. The van der Waals surface area contributed by atoms with Gasteiger partial charge in [-0.25, -0.2) is 13.4 Å². The van der Waals surface area contributed by atoms with E-state index in [-0.39, 0.29) is 15.7 Å². The number of halogens is 1. The summed E-state index contributed by atoms with van der Waals surface area (Å²) in [6, 6.07) is 8.53. The molecule has 2 aromatic rings. The molecule has 0 fully saturated rings. The smallest absolute Gasteiger partial charge is 0.263 e. The average Bonchev–Trinajstić information content (AvgIpc) is 2.43. The van der Waals surface area contributed by atoms with Gasteiger partial charge in [0.2, 0.25) is 0 Å². The third-order valence-electron chi connectivity index (χ3n) is 2.91. The van der Waals surface area contributed by atoms with Crippen molar-refractivity contribution in [3.63, 3.8) is 0 Å². The molecular weight excluding hydrogens is 310 g/mol. The van der Waals surface area contributed by atoms with Crippen LogP contribution in [0.5, 0.6) is 0 Å². The first-order chi connectivity index (χ1) is 9.94. The summed E-state index contributed by atoms with van der Waals surface area (Å²) in [5, 5.41) is 3.25. The molecule has 2 N–H and O–H groups in total. The lowest BCUT2D eigenvalue weighted by molar-refractivity contribution is 0.600. The predicted octanol–water partition coefficient (Wildman–Crippen LogP) is 2.56. The van der Waals surface area contributed by atoms with Crippen molar-refractivity contribution < 1.29 is 8.42 Å². The molecule has 0 bridgehead atoms. The lowest BCUT2D eigenvalue weighted by Gasteiger charge is -2.12. The van der Waals surface area contributed by atoms with Gasteiger partial charge in [0.05, 0.1) is 9.92 Å². The van der Waals surface area contributed by atoms with Crippen molar-refractivity contribution in [2.75, 3.05) is 11.8 Å². The molecule has 21 heavy (non-hydrogen) atoms. The second kappa shape index (κ2) is 6.43. The van der Waals surface area contributed by atoms with Crippen molar-refractivity contribution in [3.05, 3.63) is 52.7 Å². The number of rotatable bonds is 5. The van der Waals surface area contributed by atoms with Crippen LogP contribution in [-0.2, 0) is 16.6 Å². The van der Waals surface area contributed by atoms with Crippen LogP contribution in [0, 0.1) is 6.92 Å². The van der Waals surface area contributed by atoms with Crippen LogP contribution in [0.2, 0.25) is 5.02 Å². The van der Waals surface area contributed by atoms with Crippen molar-refractivity contribution in [2.45, 2.75) is 18.4 Å². The van der Waals surface area contributed by atoms with Crippen LogP contribution in [0.3, 0.4) is 0 Å². The number of aromatic nitrogens is 1. The second-order valence-corrected chi connectivity index (χ2v) is 6.63. The van der Waals surface area contributed by atoms with Gasteiger partial charge in [0.25, 0.3) is 10.0 Å². The van der Waals surface area contributed by atoms with Crippen LogP contribution in [-0.4, -0.2) is 20.4 Å². The lowest BCUT2D eigenvalue weighted by Crippen LogP contribution is -2.16. The Balaban J connectivity index is 2.40. The van der Waals surface area contributed by atoms with Crippen molar-refractivity contribution in [3.8, 4) is 0 Å². The maximum atomic E-state index is 12.5. The van der Waals surface area contributed by atoms with Gasteiger partial charge in [0, 0.05) is 12.7 Å². The molecule has 7 heteroatoms. The number of hydrogen-bond donors (Lipinski definition) is 2. The van der Waals surface area contributed by atoms with Gasteiger partial charge in [0.15, 0.2) is 5.82 Å². The Kier molecular flexibility index (Phi) is 4.82. The van der Waals surface area contributed by atoms with Gasteiger partial charge in [0.1, 0.15) is 0 Å². The van der Waals surface area contributed by atoms with Crippen molar-refractivity contribution in [1.29, 1.82) is 0 Å². The van der Waals surface area contributed by atoms with Crippen molar-refractivity contribution in [1.82, 2.24) is 10.3 Å². The molecule has 0 spiro atoms. The van der Waals surface area contributed by atoms with Crippen LogP contribution in [0.1, 0.15) is 11.1 Å². The van der Waals surface area contributed by atoms with E-state index in [9.17, 15) is 8.42 Å². The summed E-state index contributed by atoms with van der Waals surface area (Å²) in [5.41, 5.74) is 1.55. The molecule has 0 saturated heterocycles. The Morgan fingerprint density at radius 3 is 2.71 bits per heavy atom. The summed E-state index contributed by atoms with van der Waals surface area (Å²) in [5.74, 6) is 0.123. The predicted molar refractivity (Wildman–Crippen MR) is 84.0 cm³/mol. The summed E-state index contributed by atoms with van der Waals surface area (Å²) in [7, 11) is -1.93. The standard InChI is InChI=1S/C14H16ClN3O2S/c1-10-5-6-11(9-16-2)8-13(10)21(19,20)18-14-12(15)4-3-7-17-14/h3-8,16H,9H2,1-2H3,(H,17,18). The van der Waals surface area contributed by atoms with Gasteiger partial charge in [-0.15, -0.1) is 0 Å². The van der Waals surface area contributed by atoms with Gasteiger partial charge >= 0.3 is 0 Å². The Bertz CT molecular complexity index is 748. The number of aryl methyl sites for hydroxylation is 1. The van der Waals surface area contributed by atoms with E-state index in [1.807, 2.05) is 6.07 Å². The second-order valence-electron chi connectivity index (χ2n) is 4.57. The Hall–Kier alpha value is -1.63. The fraction of sp³-hybridized carbons (Fsp3) is 0.214. The quantitative estimate of drug-likeness (QED) is 0.886. The number of benzene rings is 1. The van der Waals surface area contributed by atoms with E-state index in [2.05, 4.69) is 15.0 Å². The highest BCUT2D eigenvalue weighted by molar-refractivity contribution is 7.92. The van der Waals surface area contributed by atoms with Gasteiger partial charge in [-0.3, -0.25) is 4.72 Å². The summed E-state index contributed by atoms with van der Waals surface area (Å²) < 4.78 is 27.4. The molecule has 0 aliphatic heterocycles. The highest BCUT2D eigenvalue weighted by Crippen LogP contribution is 2.24. The molecule has 0 aliphatic rings. The SMILES string of the molecule is CNCc1ccc(C)c(S(=O)(=O)Nc2ncccc2Cl)c1. The van der Waals surface area contributed by atoms with Crippen LogP contribution in [0.25, 0.3) is 0 Å². The monoisotopic (exact) mass is 325 g/mol. The molecule has 112 valence electrons. The summed E-state index contributed by atoms with van der Waals surface area (Å²) in [6.45, 7) is 2.34. The zero-order valence-electron chi connectivity index (χ0n) is 11.7. The average molecular weight is 326 g/mol. The summed E-state index contributed by atoms with van der Waals surface area (Å²) in [6.07, 6.45) is 1.48. The number of nitrogens with zero attached hydrogens (tertiary/aromatic N) is 1. The largest absolute Gasteiger partial charge is 0.316 e. The zero-order chi connectivity index (χ0) is 15.5. The molecule has 0 aliphatic carbocycles. The number of pyridine rings is 1. The first-order valence-electron chi connectivity index (χ1n) is 6.31. The van der Waals surface area contributed by atoms with Crippen molar-refractivity contribution >= 4 is 27.4 Å². The van der Waals surface area contributed by atoms with Crippen LogP contribution < -0.4 is 10.0 Å². The summed E-state index contributed by atoms with van der Waals surface area (Å²) in [4.78, 5) is 4.16. The van der Waals surface area contributed by atoms with Crippen molar-refractivity contribution in [2.24, 2.45) is 0 Å². The molecule has 1 heterocycles. The molecule has 0 radical (unpaired) electrons. The molecule has 1 aromatic heterocycles. The van der Waals surface area contributed by atoms with Crippen LogP contribution >= 0.6 is 11.6 Å². The first kappa shape index (κ1) is 15.8. The van der Waals surface area contributed by atoms with Crippen LogP contribution in [0.4, 0.5) is 5.82 Å². The first-order valence-corrected chi connectivity index (χ1v) is 8.17. The Morgan fingerprint density at radius 1 is 1.29 bits per heavy atom. The van der Waals surface area contributed by atoms with E-state index in [0.717, 1.165) is 5.56 Å². The zero-order valence-corrected chi connectivity index (χ0v) is 13.3. The lowest BCUT2D eigenvalue weighted by atomic mass is 10.1. The van der Waals surface area contributed by atoms with E-state index < -0.39 is 10.0 Å². The molecule has 0 saturated carbocycles.